The van der Waals surface area contributed by atoms with Gasteiger partial charge in [-0.05, 0) is 61.7 Å². The maximum atomic E-state index is 12.6. The van der Waals surface area contributed by atoms with Gasteiger partial charge in [0, 0.05) is 18.6 Å². The van der Waals surface area contributed by atoms with Gasteiger partial charge in [-0.25, -0.2) is 0 Å². The van der Waals surface area contributed by atoms with Crippen molar-refractivity contribution in [2.24, 2.45) is 0 Å². The highest BCUT2D eigenvalue weighted by atomic mass is 35.5. The fraction of sp³-hybridized carbons (Fsp3) is 0.350. The second-order valence-electron chi connectivity index (χ2n) is 6.17. The maximum Gasteiger partial charge on any atom is 0.263 e. The molecule has 0 saturated heterocycles. The normalized spacial score (nSPS) is 11.8. The van der Waals surface area contributed by atoms with Crippen LogP contribution in [0.1, 0.15) is 23.6 Å². The van der Waals surface area contributed by atoms with Crippen molar-refractivity contribution < 1.29 is 14.3 Å². The molecule has 0 saturated carbocycles. The Hall–Kier alpha value is -2.20. The van der Waals surface area contributed by atoms with Crippen molar-refractivity contribution in [3.8, 4) is 11.5 Å². The SMILES string of the molecule is COc1ccc(CN(C)C(=O)[C@@H](C)Oc2cc(C)c(Cl)c(C)c2)cc1. The molecule has 0 bridgehead atoms. The number of carbonyl (C=O) groups excluding carboxylic acids is 1. The number of hydrogen-bond donors (Lipinski definition) is 0. The zero-order valence-corrected chi connectivity index (χ0v) is 16.1. The van der Waals surface area contributed by atoms with Gasteiger partial charge in [0.15, 0.2) is 6.10 Å². The predicted molar refractivity (Wildman–Crippen MR) is 100 cm³/mol. The minimum absolute atomic E-state index is 0.0823. The Balaban J connectivity index is 2.00. The van der Waals surface area contributed by atoms with Crippen molar-refractivity contribution in [3.05, 3.63) is 58.1 Å². The number of hydrogen-bond acceptors (Lipinski definition) is 3. The second kappa shape index (κ2) is 8.26. The highest BCUT2D eigenvalue weighted by Gasteiger charge is 2.20. The van der Waals surface area contributed by atoms with Gasteiger partial charge >= 0.3 is 0 Å². The molecule has 5 heteroatoms. The standard InChI is InChI=1S/C20H24ClNO3/c1-13-10-18(11-14(2)19(13)21)25-15(3)20(23)22(4)12-16-6-8-17(24-5)9-7-16/h6-11,15H,12H2,1-5H3/t15-/m1/s1. The van der Waals surface area contributed by atoms with Gasteiger partial charge in [-0.15, -0.1) is 0 Å². The summed E-state index contributed by atoms with van der Waals surface area (Å²) in [6.45, 7) is 6.11. The number of carbonyl (C=O) groups is 1. The monoisotopic (exact) mass is 361 g/mol. The summed E-state index contributed by atoms with van der Waals surface area (Å²) in [4.78, 5) is 14.2. The van der Waals surface area contributed by atoms with Crippen LogP contribution in [-0.4, -0.2) is 31.1 Å². The molecule has 0 spiro atoms. The molecule has 0 heterocycles. The van der Waals surface area contributed by atoms with E-state index in [2.05, 4.69) is 0 Å². The molecule has 2 aromatic carbocycles. The van der Waals surface area contributed by atoms with E-state index >= 15 is 0 Å². The summed E-state index contributed by atoms with van der Waals surface area (Å²) in [5.41, 5.74) is 2.90. The van der Waals surface area contributed by atoms with Crippen molar-refractivity contribution in [3.63, 3.8) is 0 Å². The van der Waals surface area contributed by atoms with Gasteiger partial charge in [0.1, 0.15) is 11.5 Å². The van der Waals surface area contributed by atoms with Crippen LogP contribution in [-0.2, 0) is 11.3 Å². The van der Waals surface area contributed by atoms with Gasteiger partial charge in [0.05, 0.1) is 7.11 Å². The van der Waals surface area contributed by atoms with Gasteiger partial charge in [-0.2, -0.15) is 0 Å². The largest absolute Gasteiger partial charge is 0.497 e. The number of methoxy groups -OCH3 is 1. The van der Waals surface area contributed by atoms with E-state index in [4.69, 9.17) is 21.1 Å². The number of aryl methyl sites for hydroxylation is 2. The van der Waals surface area contributed by atoms with Crippen LogP contribution >= 0.6 is 11.6 Å². The number of likely N-dealkylation sites (N-methyl/N-ethyl adjacent to an activating group) is 1. The molecule has 0 aliphatic heterocycles. The number of halogens is 1. The lowest BCUT2D eigenvalue weighted by atomic mass is 10.1. The summed E-state index contributed by atoms with van der Waals surface area (Å²) < 4.78 is 11.0. The number of rotatable bonds is 6. The van der Waals surface area contributed by atoms with Gasteiger partial charge in [0.25, 0.3) is 5.91 Å². The Labute approximate surface area is 154 Å². The molecule has 1 atom stereocenters. The second-order valence-corrected chi connectivity index (χ2v) is 6.55. The van der Waals surface area contributed by atoms with Crippen LogP contribution in [0.4, 0.5) is 0 Å². The summed E-state index contributed by atoms with van der Waals surface area (Å²) >= 11 is 6.17. The van der Waals surface area contributed by atoms with Crippen LogP contribution < -0.4 is 9.47 Å². The fourth-order valence-corrected chi connectivity index (χ4v) is 2.73. The third-order valence-electron chi connectivity index (χ3n) is 4.03. The molecule has 2 aromatic rings. The molecular weight excluding hydrogens is 338 g/mol. The molecule has 2 rings (SSSR count). The summed E-state index contributed by atoms with van der Waals surface area (Å²) in [6, 6.07) is 11.4. The number of amides is 1. The minimum Gasteiger partial charge on any atom is -0.497 e. The van der Waals surface area contributed by atoms with Gasteiger partial charge < -0.3 is 14.4 Å². The van der Waals surface area contributed by atoms with Crippen LogP contribution in [0, 0.1) is 13.8 Å². The zero-order chi connectivity index (χ0) is 18.6. The molecule has 1 amide bonds. The lowest BCUT2D eigenvalue weighted by Crippen LogP contribution is -2.37. The molecule has 0 radical (unpaired) electrons. The number of ether oxygens (including phenoxy) is 2. The first-order chi connectivity index (χ1) is 11.8. The van der Waals surface area contributed by atoms with E-state index in [1.165, 1.54) is 0 Å². The first-order valence-electron chi connectivity index (χ1n) is 8.13. The zero-order valence-electron chi connectivity index (χ0n) is 15.3. The van der Waals surface area contributed by atoms with Gasteiger partial charge in [-0.3, -0.25) is 4.79 Å². The van der Waals surface area contributed by atoms with Crippen molar-refractivity contribution >= 4 is 17.5 Å². The molecule has 0 aliphatic carbocycles. The molecule has 0 N–H and O–H groups in total. The highest BCUT2D eigenvalue weighted by molar-refractivity contribution is 6.32. The van der Waals surface area contributed by atoms with Crippen molar-refractivity contribution in [1.82, 2.24) is 4.90 Å². The highest BCUT2D eigenvalue weighted by Crippen LogP contribution is 2.26. The number of nitrogens with zero attached hydrogens (tertiary/aromatic N) is 1. The lowest BCUT2D eigenvalue weighted by molar-refractivity contribution is -0.137. The minimum atomic E-state index is -0.580. The first-order valence-corrected chi connectivity index (χ1v) is 8.51. The third kappa shape index (κ3) is 4.89. The van der Waals surface area contributed by atoms with E-state index in [0.717, 1.165) is 27.5 Å². The smallest absolute Gasteiger partial charge is 0.263 e. The van der Waals surface area contributed by atoms with E-state index in [1.807, 2.05) is 50.2 Å². The van der Waals surface area contributed by atoms with Crippen molar-refractivity contribution in [1.29, 1.82) is 0 Å². The molecule has 0 fully saturated rings. The van der Waals surface area contributed by atoms with Crippen LogP contribution in [0.5, 0.6) is 11.5 Å². The van der Waals surface area contributed by atoms with E-state index in [9.17, 15) is 4.79 Å². The fourth-order valence-electron chi connectivity index (χ4n) is 2.62. The van der Waals surface area contributed by atoms with Crippen LogP contribution in [0.2, 0.25) is 5.02 Å². The van der Waals surface area contributed by atoms with Crippen molar-refractivity contribution in [2.45, 2.75) is 33.4 Å². The Bertz CT molecular complexity index is 720. The topological polar surface area (TPSA) is 38.8 Å². The Morgan fingerprint density at radius 3 is 2.20 bits per heavy atom. The summed E-state index contributed by atoms with van der Waals surface area (Å²) in [5, 5.41) is 0.725. The molecule has 25 heavy (non-hydrogen) atoms. The lowest BCUT2D eigenvalue weighted by Gasteiger charge is -2.23. The third-order valence-corrected chi connectivity index (χ3v) is 4.62. The molecular formula is C20H24ClNO3. The average molecular weight is 362 g/mol. The van der Waals surface area contributed by atoms with E-state index < -0.39 is 6.10 Å². The van der Waals surface area contributed by atoms with E-state index in [0.29, 0.717) is 12.3 Å². The Kier molecular flexibility index (Phi) is 6.32. The Morgan fingerprint density at radius 2 is 1.68 bits per heavy atom. The van der Waals surface area contributed by atoms with Gasteiger partial charge in [0.2, 0.25) is 0 Å². The first kappa shape index (κ1) is 19.1. The summed E-state index contributed by atoms with van der Waals surface area (Å²) in [7, 11) is 3.40. The van der Waals surface area contributed by atoms with Crippen LogP contribution in [0.3, 0.4) is 0 Å². The Morgan fingerprint density at radius 1 is 1.12 bits per heavy atom. The summed E-state index contributed by atoms with van der Waals surface area (Å²) in [5.74, 6) is 1.36. The molecule has 4 nitrogen and oxygen atoms in total. The van der Waals surface area contributed by atoms with Crippen LogP contribution in [0.25, 0.3) is 0 Å². The van der Waals surface area contributed by atoms with Gasteiger partial charge in [-0.1, -0.05) is 23.7 Å². The van der Waals surface area contributed by atoms with E-state index in [-0.39, 0.29) is 5.91 Å². The maximum absolute atomic E-state index is 12.6. The van der Waals surface area contributed by atoms with E-state index in [1.54, 1.807) is 26.0 Å². The van der Waals surface area contributed by atoms with Crippen LogP contribution in [0.15, 0.2) is 36.4 Å². The average Bonchev–Trinajstić information content (AvgIpc) is 2.59. The molecule has 0 aliphatic rings. The molecule has 0 unspecified atom stereocenters. The molecule has 134 valence electrons. The summed E-state index contributed by atoms with van der Waals surface area (Å²) in [6.07, 6.45) is -0.580. The quantitative estimate of drug-likeness (QED) is 0.765. The van der Waals surface area contributed by atoms with Crippen molar-refractivity contribution in [2.75, 3.05) is 14.2 Å². The predicted octanol–water partition coefficient (Wildman–Crippen LogP) is 4.39. The number of benzene rings is 2. The molecule has 0 aromatic heterocycles.